The Morgan fingerprint density at radius 2 is 2.00 bits per heavy atom. The van der Waals surface area contributed by atoms with Gasteiger partial charge in [-0.3, -0.25) is 9.69 Å². The molecule has 0 spiro atoms. The molecule has 3 nitrogen and oxygen atoms in total. The summed E-state index contributed by atoms with van der Waals surface area (Å²) >= 11 is 0. The molecule has 3 heteroatoms. The minimum atomic E-state index is 0.205. The van der Waals surface area contributed by atoms with Crippen LogP contribution >= 0.6 is 0 Å². The highest BCUT2D eigenvalue weighted by atomic mass is 16.2. The summed E-state index contributed by atoms with van der Waals surface area (Å²) in [7, 11) is 3.61. The van der Waals surface area contributed by atoms with Gasteiger partial charge in [0.05, 0.1) is 6.54 Å². The fourth-order valence-electron chi connectivity index (χ4n) is 1.29. The number of carbonyl (C=O) groups is 1. The highest BCUT2D eigenvalue weighted by Crippen LogP contribution is 2.06. The third-order valence-electron chi connectivity index (χ3n) is 2.16. The Morgan fingerprint density at radius 1 is 1.42 bits per heavy atom. The summed E-state index contributed by atoms with van der Waals surface area (Å²) in [5, 5.41) is 0. The first-order valence-electron chi connectivity index (χ1n) is 4.44. The number of likely N-dealkylation sites (N-methyl/N-ethyl adjacent to an activating group) is 1. The molecule has 1 aliphatic heterocycles. The number of amides is 1. The molecule has 1 radical (unpaired) electrons. The van der Waals surface area contributed by atoms with Gasteiger partial charge in [-0.05, 0) is 32.4 Å². The van der Waals surface area contributed by atoms with Crippen LogP contribution in [0.1, 0.15) is 12.8 Å². The van der Waals surface area contributed by atoms with Gasteiger partial charge in [0.1, 0.15) is 0 Å². The zero-order valence-corrected chi connectivity index (χ0v) is 7.92. The number of rotatable bonds is 2. The van der Waals surface area contributed by atoms with Gasteiger partial charge in [0.2, 0.25) is 5.91 Å². The monoisotopic (exact) mass is 169 g/mol. The van der Waals surface area contributed by atoms with E-state index in [1.54, 1.807) is 19.0 Å². The van der Waals surface area contributed by atoms with E-state index >= 15 is 0 Å². The Morgan fingerprint density at radius 3 is 2.50 bits per heavy atom. The summed E-state index contributed by atoms with van der Waals surface area (Å²) in [5.74, 6) is 0.205. The van der Waals surface area contributed by atoms with E-state index < -0.39 is 0 Å². The molecule has 0 atom stereocenters. The predicted molar refractivity (Wildman–Crippen MR) is 48.7 cm³/mol. The van der Waals surface area contributed by atoms with Crippen LogP contribution in [0.25, 0.3) is 0 Å². The topological polar surface area (TPSA) is 23.6 Å². The summed E-state index contributed by atoms with van der Waals surface area (Å²) in [6, 6.07) is 0. The number of likely N-dealkylation sites (tertiary alicyclic amines) is 1. The molecule has 0 bridgehead atoms. The van der Waals surface area contributed by atoms with Crippen LogP contribution in [0.3, 0.4) is 0 Å². The summed E-state index contributed by atoms with van der Waals surface area (Å²) in [4.78, 5) is 15.1. The van der Waals surface area contributed by atoms with Crippen LogP contribution in [-0.4, -0.2) is 49.4 Å². The van der Waals surface area contributed by atoms with Gasteiger partial charge in [0.25, 0.3) is 0 Å². The Bertz CT molecular complexity index is 151. The summed E-state index contributed by atoms with van der Waals surface area (Å²) in [6.45, 7) is 2.67. The standard InChI is InChI=1S/C9H17N2O/c1-10(2)9(12)8-11-6-4-3-5-7-11/h3H,4-8H2,1-2H3. The average molecular weight is 169 g/mol. The summed E-state index contributed by atoms with van der Waals surface area (Å²) in [6.07, 6.45) is 4.54. The van der Waals surface area contributed by atoms with E-state index in [1.165, 1.54) is 0 Å². The van der Waals surface area contributed by atoms with Crippen molar-refractivity contribution in [2.24, 2.45) is 0 Å². The van der Waals surface area contributed by atoms with E-state index in [1.807, 2.05) is 0 Å². The highest BCUT2D eigenvalue weighted by molar-refractivity contribution is 5.77. The lowest BCUT2D eigenvalue weighted by Crippen LogP contribution is -2.39. The summed E-state index contributed by atoms with van der Waals surface area (Å²) < 4.78 is 0. The van der Waals surface area contributed by atoms with Crippen LogP contribution in [0.15, 0.2) is 0 Å². The molecule has 0 aliphatic carbocycles. The molecule has 1 heterocycles. The second-order valence-corrected chi connectivity index (χ2v) is 3.43. The molecule has 0 aromatic carbocycles. The third kappa shape index (κ3) is 2.81. The molecule has 0 unspecified atom stereocenters. The van der Waals surface area contributed by atoms with Gasteiger partial charge < -0.3 is 4.90 Å². The van der Waals surface area contributed by atoms with Crippen molar-refractivity contribution < 1.29 is 4.79 Å². The van der Waals surface area contributed by atoms with Gasteiger partial charge in [-0.1, -0.05) is 0 Å². The first-order chi connectivity index (χ1) is 5.70. The third-order valence-corrected chi connectivity index (χ3v) is 2.16. The summed E-state index contributed by atoms with van der Waals surface area (Å²) in [5.41, 5.74) is 0. The number of hydrogen-bond acceptors (Lipinski definition) is 2. The zero-order valence-electron chi connectivity index (χ0n) is 7.92. The van der Waals surface area contributed by atoms with Crippen LogP contribution in [0.5, 0.6) is 0 Å². The fraction of sp³-hybridized carbons (Fsp3) is 0.778. The molecule has 1 fully saturated rings. The smallest absolute Gasteiger partial charge is 0.236 e. The Hall–Kier alpha value is -0.570. The quantitative estimate of drug-likeness (QED) is 0.596. The van der Waals surface area contributed by atoms with Gasteiger partial charge in [-0.25, -0.2) is 0 Å². The molecular weight excluding hydrogens is 152 g/mol. The maximum Gasteiger partial charge on any atom is 0.236 e. The van der Waals surface area contributed by atoms with Crippen molar-refractivity contribution in [3.63, 3.8) is 0 Å². The van der Waals surface area contributed by atoms with Gasteiger partial charge in [-0.15, -0.1) is 0 Å². The van der Waals surface area contributed by atoms with Gasteiger partial charge in [-0.2, -0.15) is 0 Å². The lowest BCUT2D eigenvalue weighted by molar-refractivity contribution is -0.130. The predicted octanol–water partition coefficient (Wildman–Crippen LogP) is 0.375. The van der Waals surface area contributed by atoms with E-state index in [0.29, 0.717) is 6.54 Å². The van der Waals surface area contributed by atoms with E-state index in [0.717, 1.165) is 25.9 Å². The first-order valence-corrected chi connectivity index (χ1v) is 4.44. The van der Waals surface area contributed by atoms with Crippen LogP contribution in [0, 0.1) is 6.42 Å². The lowest BCUT2D eigenvalue weighted by Gasteiger charge is -2.26. The normalized spacial score (nSPS) is 19.2. The fourth-order valence-corrected chi connectivity index (χ4v) is 1.29. The Balaban J connectivity index is 2.24. The first kappa shape index (κ1) is 9.52. The Kier molecular flexibility index (Phi) is 3.53. The van der Waals surface area contributed by atoms with Crippen LogP contribution < -0.4 is 0 Å². The van der Waals surface area contributed by atoms with Gasteiger partial charge in [0.15, 0.2) is 0 Å². The second-order valence-electron chi connectivity index (χ2n) is 3.43. The molecule has 0 aromatic heterocycles. The van der Waals surface area contributed by atoms with E-state index in [2.05, 4.69) is 11.3 Å². The Labute approximate surface area is 74.3 Å². The molecule has 1 rings (SSSR count). The van der Waals surface area contributed by atoms with E-state index in [4.69, 9.17) is 0 Å². The number of hydrogen-bond donors (Lipinski definition) is 0. The molecule has 12 heavy (non-hydrogen) atoms. The SMILES string of the molecule is CN(C)C(=O)CN1CC[CH]CC1. The molecule has 0 N–H and O–H groups in total. The minimum Gasteiger partial charge on any atom is -0.348 e. The molecule has 1 amide bonds. The molecule has 0 saturated carbocycles. The van der Waals surface area contributed by atoms with Crippen LogP contribution in [0.2, 0.25) is 0 Å². The average Bonchev–Trinajstić information content (AvgIpc) is 2.06. The van der Waals surface area contributed by atoms with Crippen LogP contribution in [-0.2, 0) is 4.79 Å². The van der Waals surface area contributed by atoms with Crippen molar-refractivity contribution in [3.8, 4) is 0 Å². The molecule has 1 saturated heterocycles. The molecule has 0 aromatic rings. The van der Waals surface area contributed by atoms with Crippen molar-refractivity contribution in [3.05, 3.63) is 6.42 Å². The molecule has 69 valence electrons. The molecular formula is C9H17N2O. The zero-order chi connectivity index (χ0) is 8.97. The maximum absolute atomic E-state index is 11.3. The largest absolute Gasteiger partial charge is 0.348 e. The van der Waals surface area contributed by atoms with Crippen molar-refractivity contribution in [2.75, 3.05) is 33.7 Å². The molecule has 1 aliphatic rings. The van der Waals surface area contributed by atoms with Crippen molar-refractivity contribution in [1.82, 2.24) is 9.80 Å². The van der Waals surface area contributed by atoms with E-state index in [-0.39, 0.29) is 5.91 Å². The number of piperidine rings is 1. The van der Waals surface area contributed by atoms with E-state index in [9.17, 15) is 4.79 Å². The van der Waals surface area contributed by atoms with Gasteiger partial charge >= 0.3 is 0 Å². The minimum absolute atomic E-state index is 0.205. The highest BCUT2D eigenvalue weighted by Gasteiger charge is 2.14. The van der Waals surface area contributed by atoms with Crippen LogP contribution in [0.4, 0.5) is 0 Å². The second kappa shape index (κ2) is 4.45. The number of carbonyl (C=O) groups excluding carboxylic acids is 1. The van der Waals surface area contributed by atoms with Crippen molar-refractivity contribution >= 4 is 5.91 Å². The van der Waals surface area contributed by atoms with Crippen molar-refractivity contribution in [2.45, 2.75) is 12.8 Å². The lowest BCUT2D eigenvalue weighted by atomic mass is 10.1. The maximum atomic E-state index is 11.3. The number of nitrogens with zero attached hydrogens (tertiary/aromatic N) is 2. The van der Waals surface area contributed by atoms with Gasteiger partial charge in [0, 0.05) is 14.1 Å². The van der Waals surface area contributed by atoms with Crippen molar-refractivity contribution in [1.29, 1.82) is 0 Å².